The number of carbonyl (C=O) groups excluding carboxylic acids is 1. The Kier molecular flexibility index (Phi) is 7.48. The van der Waals surface area contributed by atoms with Gasteiger partial charge in [-0.25, -0.2) is 0 Å². The second-order valence-electron chi connectivity index (χ2n) is 4.04. The van der Waals surface area contributed by atoms with Gasteiger partial charge in [0.1, 0.15) is 6.29 Å². The Morgan fingerprint density at radius 2 is 2.07 bits per heavy atom. The van der Waals surface area contributed by atoms with Crippen molar-refractivity contribution in [3.63, 3.8) is 0 Å². The minimum Gasteiger partial charge on any atom is -0.353 e. The Morgan fingerprint density at radius 3 is 2.80 bits per heavy atom. The average molecular weight is 214 g/mol. The lowest BCUT2D eigenvalue weighted by Crippen LogP contribution is -2.22. The summed E-state index contributed by atoms with van der Waals surface area (Å²) in [6.07, 6.45) is 9.57. The van der Waals surface area contributed by atoms with Crippen LogP contribution in [0, 0.1) is 0 Å². The van der Waals surface area contributed by atoms with Crippen molar-refractivity contribution < 1.29 is 14.3 Å². The maximum absolute atomic E-state index is 10.1. The molecule has 3 heteroatoms. The van der Waals surface area contributed by atoms with Crippen LogP contribution in [-0.2, 0) is 14.3 Å². The Hall–Kier alpha value is -0.410. The van der Waals surface area contributed by atoms with Crippen molar-refractivity contribution in [2.75, 3.05) is 13.2 Å². The van der Waals surface area contributed by atoms with Gasteiger partial charge in [0.05, 0.1) is 0 Å². The van der Waals surface area contributed by atoms with Gasteiger partial charge in [-0.3, -0.25) is 0 Å². The van der Waals surface area contributed by atoms with E-state index in [-0.39, 0.29) is 6.29 Å². The molecule has 1 rings (SSSR count). The van der Waals surface area contributed by atoms with Crippen molar-refractivity contribution in [1.29, 1.82) is 0 Å². The summed E-state index contributed by atoms with van der Waals surface area (Å²) in [4.78, 5) is 10.1. The van der Waals surface area contributed by atoms with Crippen LogP contribution in [0.15, 0.2) is 0 Å². The molecule has 1 atom stereocenters. The Labute approximate surface area is 92.1 Å². The highest BCUT2D eigenvalue weighted by atomic mass is 16.7. The van der Waals surface area contributed by atoms with E-state index in [1.54, 1.807) is 0 Å². The molecule has 0 bridgehead atoms. The van der Waals surface area contributed by atoms with Gasteiger partial charge in [-0.1, -0.05) is 12.8 Å². The monoisotopic (exact) mass is 214 g/mol. The number of aldehydes is 1. The highest BCUT2D eigenvalue weighted by molar-refractivity contribution is 5.48. The van der Waals surface area contributed by atoms with E-state index in [0.717, 1.165) is 51.6 Å². The zero-order valence-corrected chi connectivity index (χ0v) is 9.45. The summed E-state index contributed by atoms with van der Waals surface area (Å²) in [5.74, 6) is 0. The van der Waals surface area contributed by atoms with Crippen molar-refractivity contribution in [2.45, 2.75) is 57.7 Å². The lowest BCUT2D eigenvalue weighted by Gasteiger charge is -2.22. The molecule has 1 heterocycles. The number of rotatable bonds is 8. The first kappa shape index (κ1) is 12.7. The number of hydrogen-bond acceptors (Lipinski definition) is 3. The van der Waals surface area contributed by atoms with Crippen LogP contribution in [0.5, 0.6) is 0 Å². The summed E-state index contributed by atoms with van der Waals surface area (Å²) in [6, 6.07) is 0. The number of ether oxygens (including phenoxy) is 2. The zero-order valence-electron chi connectivity index (χ0n) is 9.45. The maximum Gasteiger partial charge on any atom is 0.157 e. The van der Waals surface area contributed by atoms with Crippen molar-refractivity contribution in [1.82, 2.24) is 0 Å². The van der Waals surface area contributed by atoms with E-state index in [1.165, 1.54) is 12.8 Å². The summed E-state index contributed by atoms with van der Waals surface area (Å²) in [5, 5.41) is 0. The lowest BCUT2D eigenvalue weighted by molar-refractivity contribution is -0.162. The molecule has 88 valence electrons. The standard InChI is InChI=1S/C12H22O3/c13-9-5-2-1-3-6-10-14-12-8-4-7-11-15-12/h9,12H,1-8,10-11H2. The van der Waals surface area contributed by atoms with Gasteiger partial charge in [0, 0.05) is 19.6 Å². The third kappa shape index (κ3) is 6.63. The Balaban J connectivity index is 1.81. The van der Waals surface area contributed by atoms with Crippen molar-refractivity contribution in [3.8, 4) is 0 Å². The predicted octanol–water partition coefficient (Wildman–Crippen LogP) is 2.68. The van der Waals surface area contributed by atoms with Crippen molar-refractivity contribution >= 4 is 6.29 Å². The van der Waals surface area contributed by atoms with Gasteiger partial charge in [-0.2, -0.15) is 0 Å². The van der Waals surface area contributed by atoms with Crippen molar-refractivity contribution in [2.24, 2.45) is 0 Å². The first-order chi connectivity index (χ1) is 7.43. The molecule has 0 N–H and O–H groups in total. The highest BCUT2D eigenvalue weighted by Crippen LogP contribution is 2.14. The van der Waals surface area contributed by atoms with Gasteiger partial charge in [-0.15, -0.1) is 0 Å². The smallest absolute Gasteiger partial charge is 0.157 e. The second-order valence-corrected chi connectivity index (χ2v) is 4.04. The van der Waals surface area contributed by atoms with Crippen LogP contribution in [0.25, 0.3) is 0 Å². The molecule has 1 unspecified atom stereocenters. The van der Waals surface area contributed by atoms with Crippen LogP contribution in [-0.4, -0.2) is 25.8 Å². The van der Waals surface area contributed by atoms with Gasteiger partial charge in [0.15, 0.2) is 6.29 Å². The van der Waals surface area contributed by atoms with Crippen LogP contribution >= 0.6 is 0 Å². The molecule has 3 nitrogen and oxygen atoms in total. The van der Waals surface area contributed by atoms with Crippen LogP contribution in [0.1, 0.15) is 51.4 Å². The van der Waals surface area contributed by atoms with E-state index in [4.69, 9.17) is 9.47 Å². The summed E-state index contributed by atoms with van der Waals surface area (Å²) >= 11 is 0. The molecule has 1 aliphatic rings. The molecule has 0 spiro atoms. The highest BCUT2D eigenvalue weighted by Gasteiger charge is 2.12. The molecule has 1 saturated heterocycles. The fraction of sp³-hybridized carbons (Fsp3) is 0.917. The van der Waals surface area contributed by atoms with Crippen LogP contribution < -0.4 is 0 Å². The van der Waals surface area contributed by atoms with E-state index in [0.29, 0.717) is 6.42 Å². The van der Waals surface area contributed by atoms with Gasteiger partial charge >= 0.3 is 0 Å². The minimum atomic E-state index is 0.0497. The minimum absolute atomic E-state index is 0.0497. The summed E-state index contributed by atoms with van der Waals surface area (Å²) in [7, 11) is 0. The zero-order chi connectivity index (χ0) is 10.8. The summed E-state index contributed by atoms with van der Waals surface area (Å²) in [6.45, 7) is 1.65. The first-order valence-electron chi connectivity index (χ1n) is 6.10. The molecule has 0 radical (unpaired) electrons. The molecular weight excluding hydrogens is 192 g/mol. The molecule has 1 fully saturated rings. The van der Waals surface area contributed by atoms with Crippen LogP contribution in [0.3, 0.4) is 0 Å². The predicted molar refractivity (Wildman–Crippen MR) is 58.7 cm³/mol. The number of carbonyl (C=O) groups is 1. The second kappa shape index (κ2) is 8.86. The van der Waals surface area contributed by atoms with Crippen LogP contribution in [0.4, 0.5) is 0 Å². The molecule has 0 aliphatic carbocycles. The summed E-state index contributed by atoms with van der Waals surface area (Å²) < 4.78 is 11.1. The largest absolute Gasteiger partial charge is 0.353 e. The Bertz CT molecular complexity index is 153. The van der Waals surface area contributed by atoms with Gasteiger partial charge in [-0.05, 0) is 32.1 Å². The first-order valence-corrected chi connectivity index (χ1v) is 6.10. The molecule has 1 aliphatic heterocycles. The molecule has 0 aromatic heterocycles. The maximum atomic E-state index is 10.1. The SMILES string of the molecule is O=CCCCCCCOC1CCCCO1. The number of unbranched alkanes of at least 4 members (excludes halogenated alkanes) is 4. The molecule has 0 aromatic rings. The third-order valence-corrected chi connectivity index (χ3v) is 2.66. The molecule has 0 amide bonds. The quantitative estimate of drug-likeness (QED) is 0.460. The normalized spacial score (nSPS) is 21.5. The van der Waals surface area contributed by atoms with Gasteiger partial charge in [0.25, 0.3) is 0 Å². The van der Waals surface area contributed by atoms with Gasteiger partial charge < -0.3 is 14.3 Å². The topological polar surface area (TPSA) is 35.5 Å². The lowest BCUT2D eigenvalue weighted by atomic mass is 10.1. The number of hydrogen-bond donors (Lipinski definition) is 0. The van der Waals surface area contributed by atoms with E-state index in [9.17, 15) is 4.79 Å². The molecule has 15 heavy (non-hydrogen) atoms. The Morgan fingerprint density at radius 1 is 1.20 bits per heavy atom. The van der Waals surface area contributed by atoms with Gasteiger partial charge in [0.2, 0.25) is 0 Å². The molecular formula is C12H22O3. The molecule has 0 saturated carbocycles. The van der Waals surface area contributed by atoms with E-state index in [2.05, 4.69) is 0 Å². The third-order valence-electron chi connectivity index (χ3n) is 2.66. The van der Waals surface area contributed by atoms with Crippen molar-refractivity contribution in [3.05, 3.63) is 0 Å². The van der Waals surface area contributed by atoms with E-state index < -0.39 is 0 Å². The fourth-order valence-electron chi connectivity index (χ4n) is 1.74. The fourth-order valence-corrected chi connectivity index (χ4v) is 1.74. The van der Waals surface area contributed by atoms with E-state index in [1.807, 2.05) is 0 Å². The molecule has 0 aromatic carbocycles. The summed E-state index contributed by atoms with van der Waals surface area (Å²) in [5.41, 5.74) is 0. The van der Waals surface area contributed by atoms with Crippen LogP contribution in [0.2, 0.25) is 0 Å². The average Bonchev–Trinajstić information content (AvgIpc) is 2.29. The van der Waals surface area contributed by atoms with E-state index >= 15 is 0 Å².